The predicted octanol–water partition coefficient (Wildman–Crippen LogP) is 4.18. The number of carbonyl (C=O) groups excluding carboxylic acids is 1. The van der Waals surface area contributed by atoms with Gasteiger partial charge in [0.15, 0.2) is 11.6 Å². The van der Waals surface area contributed by atoms with Gasteiger partial charge in [-0.05, 0) is 50.1 Å². The van der Waals surface area contributed by atoms with E-state index in [1.54, 1.807) is 10.7 Å². The van der Waals surface area contributed by atoms with Crippen LogP contribution in [-0.4, -0.2) is 40.0 Å². The molecule has 1 saturated heterocycles. The Kier molecular flexibility index (Phi) is 8.19. The van der Waals surface area contributed by atoms with E-state index >= 15 is 0 Å². The van der Waals surface area contributed by atoms with E-state index in [-0.39, 0.29) is 5.92 Å². The first kappa shape index (κ1) is 25.4. The third-order valence-electron chi connectivity index (χ3n) is 5.89. The fourth-order valence-electron chi connectivity index (χ4n) is 3.90. The number of halogens is 2. The summed E-state index contributed by atoms with van der Waals surface area (Å²) in [7, 11) is 0. The van der Waals surface area contributed by atoms with E-state index in [0.717, 1.165) is 41.5 Å². The molecule has 0 aliphatic carbocycles. The molecule has 1 atom stereocenters. The van der Waals surface area contributed by atoms with E-state index < -0.39 is 17.7 Å². The number of hydrogen-bond donors (Lipinski definition) is 4. The highest BCUT2D eigenvalue weighted by molar-refractivity contribution is 5.88. The second kappa shape index (κ2) is 11.3. The zero-order valence-corrected chi connectivity index (χ0v) is 19.6. The fraction of sp³-hybridized carbons (Fsp3) is 0.240. The van der Waals surface area contributed by atoms with Gasteiger partial charge in [-0.3, -0.25) is 5.32 Å². The molecule has 0 radical (unpaired) electrons. The van der Waals surface area contributed by atoms with Crippen LogP contribution < -0.4 is 16.8 Å². The van der Waals surface area contributed by atoms with Gasteiger partial charge in [-0.25, -0.2) is 18.3 Å². The van der Waals surface area contributed by atoms with E-state index in [2.05, 4.69) is 10.4 Å². The quantitative estimate of drug-likeness (QED) is 0.408. The van der Waals surface area contributed by atoms with Crippen molar-refractivity contribution in [3.05, 3.63) is 88.9 Å². The van der Waals surface area contributed by atoms with Gasteiger partial charge >= 0.3 is 6.03 Å². The number of anilines is 1. The zero-order valence-electron chi connectivity index (χ0n) is 19.6. The van der Waals surface area contributed by atoms with E-state index in [1.807, 2.05) is 49.1 Å². The van der Waals surface area contributed by atoms with Crippen LogP contribution in [0.25, 0.3) is 5.69 Å². The summed E-state index contributed by atoms with van der Waals surface area (Å²) >= 11 is 0. The molecule has 0 bridgehead atoms. The number of likely N-dealkylation sites (tertiary alicyclic amines) is 1. The largest absolute Gasteiger partial charge is 0.403 e. The summed E-state index contributed by atoms with van der Waals surface area (Å²) in [6, 6.07) is 13.0. The summed E-state index contributed by atoms with van der Waals surface area (Å²) in [6.45, 7) is 5.22. The molecule has 2 heterocycles. The monoisotopic (exact) mass is 481 g/mol. The highest BCUT2D eigenvalue weighted by Crippen LogP contribution is 2.29. The van der Waals surface area contributed by atoms with E-state index in [0.29, 0.717) is 18.1 Å². The van der Waals surface area contributed by atoms with Crippen LogP contribution in [0.5, 0.6) is 0 Å². The molecule has 2 amide bonds. The number of aryl methyl sites for hydroxylation is 1. The normalized spacial score (nSPS) is 15.4. The number of hydrogen-bond acceptors (Lipinski definition) is 5. The molecule has 10 heteroatoms. The van der Waals surface area contributed by atoms with Crippen LogP contribution in [0, 0.1) is 30.9 Å². The Morgan fingerprint density at radius 1 is 1.17 bits per heavy atom. The third kappa shape index (κ3) is 6.03. The minimum absolute atomic E-state index is 0.148. The number of rotatable bonds is 5. The van der Waals surface area contributed by atoms with Crippen molar-refractivity contribution in [2.75, 3.05) is 18.4 Å². The maximum atomic E-state index is 13.2. The number of nitrogens with zero attached hydrogens (tertiary/aromatic N) is 3. The first-order valence-electron chi connectivity index (χ1n) is 11.1. The molecule has 2 aromatic carbocycles. The van der Waals surface area contributed by atoms with Crippen molar-refractivity contribution >= 4 is 18.1 Å². The van der Waals surface area contributed by atoms with Crippen LogP contribution in [0.3, 0.4) is 0 Å². The Balaban J connectivity index is 0.000000196. The number of carbonyl (C=O) groups is 1. The predicted molar refractivity (Wildman–Crippen MR) is 133 cm³/mol. The Bertz CT molecular complexity index is 1220. The molecule has 1 unspecified atom stereocenters. The first-order chi connectivity index (χ1) is 16.7. The fourth-order valence-corrected chi connectivity index (χ4v) is 3.90. The molecule has 1 aromatic heterocycles. The summed E-state index contributed by atoms with van der Waals surface area (Å²) in [6.07, 6.45) is 3.44. The highest BCUT2D eigenvalue weighted by atomic mass is 19.2. The van der Waals surface area contributed by atoms with Crippen molar-refractivity contribution in [2.24, 2.45) is 11.5 Å². The minimum atomic E-state index is -0.823. The summed E-state index contributed by atoms with van der Waals surface area (Å²) in [5, 5.41) is 14.2. The number of nitrogens with two attached hydrogens (primary N) is 2. The lowest BCUT2D eigenvalue weighted by atomic mass is 9.98. The third-order valence-corrected chi connectivity index (χ3v) is 5.89. The lowest BCUT2D eigenvalue weighted by Gasteiger charge is -2.18. The van der Waals surface area contributed by atoms with Gasteiger partial charge in [0.2, 0.25) is 0 Å². The van der Waals surface area contributed by atoms with Crippen LogP contribution in [0.1, 0.15) is 29.2 Å². The molecule has 3 aromatic rings. The number of nitrogens with one attached hydrogen (secondary N) is 2. The Morgan fingerprint density at radius 2 is 1.89 bits per heavy atom. The van der Waals surface area contributed by atoms with Crippen molar-refractivity contribution in [1.29, 1.82) is 5.41 Å². The van der Waals surface area contributed by atoms with Gasteiger partial charge in [0.05, 0.1) is 17.1 Å². The summed E-state index contributed by atoms with van der Waals surface area (Å²) in [4.78, 5) is 13.0. The molecule has 4 rings (SSSR count). The molecule has 184 valence electrons. The van der Waals surface area contributed by atoms with Crippen LogP contribution in [0.15, 0.2) is 60.4 Å². The van der Waals surface area contributed by atoms with Crippen molar-refractivity contribution in [3.63, 3.8) is 0 Å². The van der Waals surface area contributed by atoms with Crippen molar-refractivity contribution in [1.82, 2.24) is 14.7 Å². The number of allylic oxidation sites excluding steroid dienone is 1. The van der Waals surface area contributed by atoms with Crippen molar-refractivity contribution in [2.45, 2.75) is 26.2 Å². The summed E-state index contributed by atoms with van der Waals surface area (Å²) < 4.78 is 27.7. The molecule has 1 fully saturated rings. The number of amides is 2. The molecule has 8 nitrogen and oxygen atoms in total. The highest BCUT2D eigenvalue weighted by Gasteiger charge is 2.25. The first-order valence-corrected chi connectivity index (χ1v) is 11.1. The summed E-state index contributed by atoms with van der Waals surface area (Å²) in [5.74, 6) is -0.876. The molecule has 0 saturated carbocycles. The van der Waals surface area contributed by atoms with Gasteiger partial charge in [-0.1, -0.05) is 24.3 Å². The van der Waals surface area contributed by atoms with Crippen LogP contribution in [0.4, 0.5) is 19.4 Å². The van der Waals surface area contributed by atoms with Crippen LogP contribution in [0.2, 0.25) is 0 Å². The van der Waals surface area contributed by atoms with Gasteiger partial charge in [-0.2, -0.15) is 5.10 Å². The van der Waals surface area contributed by atoms with E-state index in [1.165, 1.54) is 18.5 Å². The van der Waals surface area contributed by atoms with E-state index in [4.69, 9.17) is 16.9 Å². The Labute approximate surface area is 202 Å². The topological polar surface area (TPSA) is 126 Å². The zero-order chi connectivity index (χ0) is 25.5. The van der Waals surface area contributed by atoms with Crippen molar-refractivity contribution < 1.29 is 13.6 Å². The van der Waals surface area contributed by atoms with Crippen LogP contribution >= 0.6 is 0 Å². The number of aromatic nitrogens is 2. The van der Waals surface area contributed by atoms with Gasteiger partial charge < -0.3 is 21.8 Å². The molecule has 35 heavy (non-hydrogen) atoms. The number of primary amides is 1. The van der Waals surface area contributed by atoms with Gasteiger partial charge in [0.1, 0.15) is 5.82 Å². The van der Waals surface area contributed by atoms with Gasteiger partial charge in [0.25, 0.3) is 0 Å². The maximum absolute atomic E-state index is 13.2. The molecular weight excluding hydrogens is 452 g/mol. The Hall–Kier alpha value is -4.21. The van der Waals surface area contributed by atoms with Gasteiger partial charge in [-0.15, -0.1) is 0 Å². The van der Waals surface area contributed by atoms with Crippen LogP contribution in [-0.2, 0) is 0 Å². The van der Waals surface area contributed by atoms with E-state index in [9.17, 15) is 13.6 Å². The summed E-state index contributed by atoms with van der Waals surface area (Å²) in [5.41, 5.74) is 14.7. The second-order valence-electron chi connectivity index (χ2n) is 8.14. The average Bonchev–Trinajstić information content (AvgIpc) is 3.44. The minimum Gasteiger partial charge on any atom is -0.403 e. The SMILES string of the molecule is Cc1nn(-c2ccccc2)c(NC(N)=O)c1C.N=C/C(=C\N)N1CCC(c2ccc(F)c(F)c2)C1. The lowest BCUT2D eigenvalue weighted by Crippen LogP contribution is -2.21. The molecular formula is C25H29F2N7O. The Morgan fingerprint density at radius 3 is 2.49 bits per heavy atom. The standard InChI is InChI=1S/C13H15F2N3.C12H14N4O/c14-12-2-1-9(5-13(12)15)10-3-4-18(8-10)11(6-16)7-17;1-8-9(2)15-16(11(8)14-12(13)17)10-6-4-3-5-7-10/h1-2,5-7,10,16H,3-4,8,17H2;3-7H,1-2H3,(H3,13,14,17)/b11-7+,16-6?;. The van der Waals surface area contributed by atoms with Gasteiger partial charge in [0, 0.05) is 37.0 Å². The molecule has 1 aliphatic rings. The number of benzene rings is 2. The molecule has 6 N–H and O–H groups in total. The average molecular weight is 482 g/mol. The smallest absolute Gasteiger partial charge is 0.317 e. The second-order valence-corrected chi connectivity index (χ2v) is 8.14. The number of urea groups is 1. The molecule has 0 spiro atoms. The molecule has 1 aliphatic heterocycles. The van der Waals surface area contributed by atoms with Crippen molar-refractivity contribution in [3.8, 4) is 5.69 Å². The number of para-hydroxylation sites is 1. The maximum Gasteiger partial charge on any atom is 0.317 e. The lowest BCUT2D eigenvalue weighted by molar-refractivity contribution is 0.259.